The molecule has 0 spiro atoms. The maximum absolute atomic E-state index is 10.2. The van der Waals surface area contributed by atoms with E-state index < -0.39 is 0 Å². The molecular formula is C7H17OSi. The smallest absolute Gasteiger partial charge is 0.0822 e. The molecule has 0 amide bonds. The van der Waals surface area contributed by atoms with Gasteiger partial charge in [-0.1, -0.05) is 20.8 Å². The van der Waals surface area contributed by atoms with E-state index in [9.17, 15) is 5.11 Å². The number of hydrogen-bond donors (Lipinski definition) is 0. The Morgan fingerprint density at radius 2 is 1.89 bits per heavy atom. The molecule has 0 fully saturated rings. The van der Waals surface area contributed by atoms with E-state index in [2.05, 4.69) is 20.8 Å². The fourth-order valence-corrected chi connectivity index (χ4v) is 0.845. The summed E-state index contributed by atoms with van der Waals surface area (Å²) in [5.74, 6) is 0. The summed E-state index contributed by atoms with van der Waals surface area (Å²) in [5, 5.41) is 10.2. The van der Waals surface area contributed by atoms with Crippen LogP contribution in [0.25, 0.3) is 0 Å². The monoisotopic (exact) mass is 145 g/mol. The van der Waals surface area contributed by atoms with Crippen LogP contribution in [0.15, 0.2) is 0 Å². The van der Waals surface area contributed by atoms with Gasteiger partial charge in [-0.05, 0) is 17.4 Å². The minimum atomic E-state index is 0.103. The molecule has 1 atom stereocenters. The average molecular weight is 145 g/mol. The van der Waals surface area contributed by atoms with E-state index in [1.165, 1.54) is 0 Å². The molecule has 0 aliphatic carbocycles. The molecule has 0 N–H and O–H groups in total. The van der Waals surface area contributed by atoms with Crippen LogP contribution in [0.1, 0.15) is 27.2 Å². The standard InChI is InChI=1S/C7H17OSi/c1-7(2,3)6(9)4-5-8/h6H,4-5H2,1-3,9H3. The molecule has 0 aliphatic rings. The van der Waals surface area contributed by atoms with Crippen molar-refractivity contribution in [1.29, 1.82) is 0 Å². The van der Waals surface area contributed by atoms with Crippen molar-refractivity contribution in [2.75, 3.05) is 6.61 Å². The molecule has 0 bridgehead atoms. The van der Waals surface area contributed by atoms with Crippen molar-refractivity contribution in [1.82, 2.24) is 0 Å². The summed E-state index contributed by atoms with van der Waals surface area (Å²) in [5.41, 5.74) is 1.06. The van der Waals surface area contributed by atoms with Crippen molar-refractivity contribution >= 4 is 10.2 Å². The first-order chi connectivity index (χ1) is 3.98. The van der Waals surface area contributed by atoms with Crippen LogP contribution in [-0.2, 0) is 5.11 Å². The highest BCUT2D eigenvalue weighted by molar-refractivity contribution is 6.12. The molecule has 2 heteroatoms. The van der Waals surface area contributed by atoms with E-state index in [0.717, 1.165) is 16.7 Å². The Bertz CT molecular complexity index is 75.5. The molecule has 0 saturated heterocycles. The lowest BCUT2D eigenvalue weighted by molar-refractivity contribution is 0.173. The van der Waals surface area contributed by atoms with Gasteiger partial charge in [0.2, 0.25) is 0 Å². The van der Waals surface area contributed by atoms with Crippen LogP contribution >= 0.6 is 0 Å². The average Bonchev–Trinajstić information content (AvgIpc) is 1.64. The zero-order chi connectivity index (χ0) is 7.49. The van der Waals surface area contributed by atoms with Gasteiger partial charge in [-0.25, -0.2) is 5.11 Å². The van der Waals surface area contributed by atoms with E-state index in [-0.39, 0.29) is 6.61 Å². The van der Waals surface area contributed by atoms with E-state index in [1.807, 2.05) is 0 Å². The molecule has 1 nitrogen and oxygen atoms in total. The lowest BCUT2D eigenvalue weighted by atomic mass is 9.90. The van der Waals surface area contributed by atoms with Gasteiger partial charge >= 0.3 is 0 Å². The molecule has 0 aromatic rings. The fourth-order valence-electron chi connectivity index (χ4n) is 0.610. The summed E-state index contributed by atoms with van der Waals surface area (Å²) < 4.78 is 0. The van der Waals surface area contributed by atoms with Crippen molar-refractivity contribution in [3.63, 3.8) is 0 Å². The first kappa shape index (κ1) is 9.18. The maximum atomic E-state index is 10.2. The van der Waals surface area contributed by atoms with Crippen LogP contribution in [-0.4, -0.2) is 16.8 Å². The Labute approximate surface area is 60.9 Å². The van der Waals surface area contributed by atoms with E-state index in [1.54, 1.807) is 0 Å². The highest BCUT2D eigenvalue weighted by Crippen LogP contribution is 2.30. The highest BCUT2D eigenvalue weighted by atomic mass is 28.1. The SMILES string of the molecule is CC(C)(C)C([SiH3])CC[O]. The third-order valence-corrected chi connectivity index (χ3v) is 4.34. The van der Waals surface area contributed by atoms with Gasteiger partial charge in [-0.3, -0.25) is 0 Å². The van der Waals surface area contributed by atoms with Gasteiger partial charge < -0.3 is 0 Å². The predicted octanol–water partition coefficient (Wildman–Crippen LogP) is 1.01. The highest BCUT2D eigenvalue weighted by Gasteiger charge is 2.18. The summed E-state index contributed by atoms with van der Waals surface area (Å²) in [7, 11) is 1.16. The minimum absolute atomic E-state index is 0.103. The van der Waals surface area contributed by atoms with E-state index >= 15 is 0 Å². The largest absolute Gasteiger partial charge is 0.237 e. The van der Waals surface area contributed by atoms with Gasteiger partial charge in [-0.2, -0.15) is 0 Å². The molecular weight excluding hydrogens is 128 g/mol. The molecule has 0 aromatic carbocycles. The third-order valence-electron chi connectivity index (χ3n) is 2.03. The normalized spacial score (nSPS) is 16.0. The van der Waals surface area contributed by atoms with Gasteiger partial charge in [0.15, 0.2) is 0 Å². The Morgan fingerprint density at radius 3 is 2.00 bits per heavy atom. The molecule has 1 radical (unpaired) electrons. The lowest BCUT2D eigenvalue weighted by Gasteiger charge is -2.25. The van der Waals surface area contributed by atoms with E-state index in [4.69, 9.17) is 0 Å². The zero-order valence-corrected chi connectivity index (χ0v) is 8.90. The summed E-state index contributed by atoms with van der Waals surface area (Å²) in [6, 6.07) is 0. The van der Waals surface area contributed by atoms with Crippen molar-refractivity contribution in [3.05, 3.63) is 0 Å². The summed E-state index contributed by atoms with van der Waals surface area (Å²) >= 11 is 0. The van der Waals surface area contributed by atoms with Crippen LogP contribution in [0, 0.1) is 5.41 Å². The molecule has 0 rings (SSSR count). The molecule has 0 heterocycles. The predicted molar refractivity (Wildman–Crippen MR) is 43.3 cm³/mol. The third kappa shape index (κ3) is 3.70. The lowest BCUT2D eigenvalue weighted by Crippen LogP contribution is -2.15. The Balaban J connectivity index is 3.59. The van der Waals surface area contributed by atoms with Crippen molar-refractivity contribution in [3.8, 4) is 0 Å². The number of rotatable bonds is 2. The first-order valence-corrected chi connectivity index (χ1v) is 4.72. The van der Waals surface area contributed by atoms with Crippen LogP contribution in [0.5, 0.6) is 0 Å². The van der Waals surface area contributed by atoms with Crippen molar-refractivity contribution < 1.29 is 5.11 Å². The van der Waals surface area contributed by atoms with Gasteiger partial charge in [0.25, 0.3) is 0 Å². The molecule has 0 saturated carbocycles. The zero-order valence-electron chi connectivity index (χ0n) is 6.90. The maximum Gasteiger partial charge on any atom is 0.0822 e. The van der Waals surface area contributed by atoms with Crippen molar-refractivity contribution in [2.45, 2.75) is 32.7 Å². The van der Waals surface area contributed by atoms with Crippen LogP contribution < -0.4 is 0 Å². The Hall–Kier alpha value is 0.177. The summed E-state index contributed by atoms with van der Waals surface area (Å²) in [6.07, 6.45) is 0.871. The van der Waals surface area contributed by atoms with Crippen LogP contribution in [0.2, 0.25) is 5.54 Å². The van der Waals surface area contributed by atoms with Gasteiger partial charge in [-0.15, -0.1) is 0 Å². The molecule has 1 unspecified atom stereocenters. The quantitative estimate of drug-likeness (QED) is 0.517. The van der Waals surface area contributed by atoms with Gasteiger partial charge in [0.05, 0.1) is 6.61 Å². The summed E-state index contributed by atoms with van der Waals surface area (Å²) in [4.78, 5) is 0. The summed E-state index contributed by atoms with van der Waals surface area (Å²) in [6.45, 7) is 6.73. The van der Waals surface area contributed by atoms with Crippen LogP contribution in [0.3, 0.4) is 0 Å². The minimum Gasteiger partial charge on any atom is -0.237 e. The van der Waals surface area contributed by atoms with Gasteiger partial charge in [0.1, 0.15) is 0 Å². The number of hydrogen-bond acceptors (Lipinski definition) is 0. The Morgan fingerprint density at radius 1 is 1.44 bits per heavy atom. The van der Waals surface area contributed by atoms with Crippen molar-refractivity contribution in [2.24, 2.45) is 5.41 Å². The van der Waals surface area contributed by atoms with E-state index in [0.29, 0.717) is 11.0 Å². The Kier molecular flexibility index (Phi) is 3.44. The topological polar surface area (TPSA) is 19.9 Å². The molecule has 0 aliphatic heterocycles. The van der Waals surface area contributed by atoms with Crippen LogP contribution in [0.4, 0.5) is 0 Å². The molecule has 0 aromatic heterocycles. The first-order valence-electron chi connectivity index (χ1n) is 3.56. The molecule has 55 valence electrons. The second-order valence-corrected chi connectivity index (χ2v) is 5.15. The molecule has 9 heavy (non-hydrogen) atoms. The second-order valence-electron chi connectivity index (χ2n) is 3.76. The van der Waals surface area contributed by atoms with Gasteiger partial charge in [0, 0.05) is 10.2 Å². The fraction of sp³-hybridized carbons (Fsp3) is 1.00. The second kappa shape index (κ2) is 3.37.